The van der Waals surface area contributed by atoms with Crippen LogP contribution in [0.3, 0.4) is 0 Å². The quantitative estimate of drug-likeness (QED) is 0.741. The van der Waals surface area contributed by atoms with Gasteiger partial charge in [0.05, 0.1) is 37.8 Å². The Balaban J connectivity index is 2.12. The molecule has 3 aromatic rings. The number of benzene rings is 2. The summed E-state index contributed by atoms with van der Waals surface area (Å²) in [5.74, 6) is 1.09. The highest BCUT2D eigenvalue weighted by Crippen LogP contribution is 2.30. The van der Waals surface area contributed by atoms with Gasteiger partial charge >= 0.3 is 0 Å². The number of nitriles is 1. The number of aromatic nitrogens is 1. The largest absolute Gasteiger partial charge is 0.493 e. The minimum atomic E-state index is -0.138. The molecule has 0 amide bonds. The van der Waals surface area contributed by atoms with E-state index in [0.29, 0.717) is 29.0 Å². The van der Waals surface area contributed by atoms with Crippen LogP contribution in [0.2, 0.25) is 0 Å². The molecule has 3 rings (SSSR count). The number of methoxy groups -OCH3 is 2. The van der Waals surface area contributed by atoms with Crippen molar-refractivity contribution < 1.29 is 9.47 Å². The van der Waals surface area contributed by atoms with Crippen LogP contribution < -0.4 is 15.0 Å². The van der Waals surface area contributed by atoms with Gasteiger partial charge in [-0.1, -0.05) is 18.2 Å². The highest BCUT2D eigenvalue weighted by Gasteiger charge is 2.11. The maximum absolute atomic E-state index is 12.8. The van der Waals surface area contributed by atoms with Crippen LogP contribution in [0.1, 0.15) is 11.1 Å². The predicted molar refractivity (Wildman–Crippen MR) is 91.6 cm³/mol. The lowest BCUT2D eigenvalue weighted by Gasteiger charge is -2.11. The number of hydrogen-bond donors (Lipinski definition) is 0. The van der Waals surface area contributed by atoms with Crippen molar-refractivity contribution in [2.45, 2.75) is 6.54 Å². The second-order valence-electron chi connectivity index (χ2n) is 5.31. The monoisotopic (exact) mass is 320 g/mol. The molecular formula is C19H16N2O3. The highest BCUT2D eigenvalue weighted by molar-refractivity contribution is 5.85. The molecule has 0 aliphatic rings. The molecule has 0 spiro atoms. The van der Waals surface area contributed by atoms with E-state index in [1.165, 1.54) is 7.11 Å². The van der Waals surface area contributed by atoms with Gasteiger partial charge in [0, 0.05) is 6.20 Å². The lowest BCUT2D eigenvalue weighted by atomic mass is 10.1. The zero-order chi connectivity index (χ0) is 17.1. The SMILES string of the molecule is COc1cc2ccn(Cc3ccccc3C#N)c(=O)c2cc1OC. The molecule has 0 atom stereocenters. The van der Waals surface area contributed by atoms with Gasteiger partial charge in [-0.25, -0.2) is 0 Å². The fourth-order valence-electron chi connectivity index (χ4n) is 2.69. The summed E-state index contributed by atoms with van der Waals surface area (Å²) in [5.41, 5.74) is 1.24. The second-order valence-corrected chi connectivity index (χ2v) is 5.31. The Morgan fingerprint density at radius 3 is 2.50 bits per heavy atom. The van der Waals surface area contributed by atoms with Gasteiger partial charge in [0.25, 0.3) is 5.56 Å². The van der Waals surface area contributed by atoms with Crippen LogP contribution in [-0.4, -0.2) is 18.8 Å². The molecule has 0 N–H and O–H groups in total. The highest BCUT2D eigenvalue weighted by atomic mass is 16.5. The summed E-state index contributed by atoms with van der Waals surface area (Å²) in [4.78, 5) is 12.8. The first kappa shape index (κ1) is 15.6. The Morgan fingerprint density at radius 1 is 1.08 bits per heavy atom. The predicted octanol–water partition coefficient (Wildman–Crippen LogP) is 2.94. The van der Waals surface area contributed by atoms with Gasteiger partial charge in [-0.05, 0) is 35.2 Å². The first-order valence-corrected chi connectivity index (χ1v) is 7.41. The van der Waals surface area contributed by atoms with E-state index in [1.807, 2.05) is 24.3 Å². The third kappa shape index (κ3) is 2.70. The van der Waals surface area contributed by atoms with Crippen LogP contribution in [0.25, 0.3) is 10.8 Å². The number of ether oxygens (including phenoxy) is 2. The standard InChI is InChI=1S/C19H16N2O3/c1-23-17-9-13-7-8-21(19(22)16(13)10-18(17)24-2)12-15-6-4-3-5-14(15)11-20/h3-10H,12H2,1-2H3. The summed E-state index contributed by atoms with van der Waals surface area (Å²) in [6.07, 6.45) is 1.73. The van der Waals surface area contributed by atoms with Crippen LogP contribution in [0.5, 0.6) is 11.5 Å². The minimum Gasteiger partial charge on any atom is -0.493 e. The van der Waals surface area contributed by atoms with E-state index in [2.05, 4.69) is 6.07 Å². The number of hydrogen-bond acceptors (Lipinski definition) is 4. The Morgan fingerprint density at radius 2 is 1.79 bits per heavy atom. The van der Waals surface area contributed by atoms with Gasteiger partial charge in [0.15, 0.2) is 11.5 Å². The van der Waals surface area contributed by atoms with Crippen molar-refractivity contribution in [1.29, 1.82) is 5.26 Å². The zero-order valence-electron chi connectivity index (χ0n) is 13.4. The summed E-state index contributed by atoms with van der Waals surface area (Å²) in [6, 6.07) is 14.7. The van der Waals surface area contributed by atoms with Crippen LogP contribution in [-0.2, 0) is 6.54 Å². The number of pyridine rings is 1. The molecule has 0 radical (unpaired) electrons. The maximum atomic E-state index is 12.8. The molecule has 5 nitrogen and oxygen atoms in total. The molecule has 0 aliphatic heterocycles. The normalized spacial score (nSPS) is 10.4. The molecule has 1 heterocycles. The molecule has 24 heavy (non-hydrogen) atoms. The Hall–Kier alpha value is -3.26. The molecule has 0 unspecified atom stereocenters. The van der Waals surface area contributed by atoms with E-state index >= 15 is 0 Å². The first-order chi connectivity index (χ1) is 11.7. The molecule has 0 saturated carbocycles. The third-order valence-electron chi connectivity index (χ3n) is 3.96. The molecule has 2 aromatic carbocycles. The van der Waals surface area contributed by atoms with Crippen molar-refractivity contribution in [1.82, 2.24) is 4.57 Å². The zero-order valence-corrected chi connectivity index (χ0v) is 13.4. The van der Waals surface area contributed by atoms with Crippen LogP contribution in [0, 0.1) is 11.3 Å². The number of rotatable bonds is 4. The summed E-state index contributed by atoms with van der Waals surface area (Å²) in [5, 5.41) is 10.5. The van der Waals surface area contributed by atoms with Crippen molar-refractivity contribution in [3.8, 4) is 17.6 Å². The first-order valence-electron chi connectivity index (χ1n) is 7.41. The number of nitrogens with zero attached hydrogens (tertiary/aromatic N) is 2. The van der Waals surface area contributed by atoms with Crippen molar-refractivity contribution >= 4 is 10.8 Å². The lowest BCUT2D eigenvalue weighted by Crippen LogP contribution is -2.20. The van der Waals surface area contributed by atoms with E-state index in [4.69, 9.17) is 9.47 Å². The fraction of sp³-hybridized carbons (Fsp3) is 0.158. The van der Waals surface area contributed by atoms with Crippen LogP contribution >= 0.6 is 0 Å². The molecule has 120 valence electrons. The Kier molecular flexibility index (Phi) is 4.21. The molecule has 0 bridgehead atoms. The summed E-state index contributed by atoms with van der Waals surface area (Å²) < 4.78 is 12.1. The van der Waals surface area contributed by atoms with Crippen LogP contribution in [0.15, 0.2) is 53.5 Å². The molecule has 1 aromatic heterocycles. The molecule has 5 heteroatoms. The molecular weight excluding hydrogens is 304 g/mol. The van der Waals surface area contributed by atoms with Gasteiger partial charge in [-0.2, -0.15) is 5.26 Å². The maximum Gasteiger partial charge on any atom is 0.258 e. The van der Waals surface area contributed by atoms with Crippen molar-refractivity contribution in [3.05, 3.63) is 70.1 Å². The van der Waals surface area contributed by atoms with E-state index in [0.717, 1.165) is 10.9 Å². The fourth-order valence-corrected chi connectivity index (χ4v) is 2.69. The van der Waals surface area contributed by atoms with Gasteiger partial charge in [0.1, 0.15) is 0 Å². The van der Waals surface area contributed by atoms with Gasteiger partial charge in [-0.15, -0.1) is 0 Å². The molecule has 0 aliphatic carbocycles. The van der Waals surface area contributed by atoms with E-state index in [1.54, 1.807) is 36.1 Å². The van der Waals surface area contributed by atoms with Crippen LogP contribution in [0.4, 0.5) is 0 Å². The molecule has 0 saturated heterocycles. The van der Waals surface area contributed by atoms with E-state index in [9.17, 15) is 10.1 Å². The number of fused-ring (bicyclic) bond motifs is 1. The van der Waals surface area contributed by atoms with Gasteiger partial charge in [0.2, 0.25) is 0 Å². The Bertz CT molecular complexity index is 1000. The van der Waals surface area contributed by atoms with Crippen molar-refractivity contribution in [2.24, 2.45) is 0 Å². The third-order valence-corrected chi connectivity index (χ3v) is 3.96. The summed E-state index contributed by atoms with van der Waals surface area (Å²) in [6.45, 7) is 0.340. The topological polar surface area (TPSA) is 64.2 Å². The van der Waals surface area contributed by atoms with E-state index < -0.39 is 0 Å². The molecule has 0 fully saturated rings. The Labute approximate surface area is 139 Å². The minimum absolute atomic E-state index is 0.138. The van der Waals surface area contributed by atoms with Gasteiger partial charge in [-0.3, -0.25) is 4.79 Å². The van der Waals surface area contributed by atoms with E-state index in [-0.39, 0.29) is 5.56 Å². The second kappa shape index (κ2) is 6.47. The average Bonchev–Trinajstić information content (AvgIpc) is 2.63. The van der Waals surface area contributed by atoms with Crippen molar-refractivity contribution in [2.75, 3.05) is 14.2 Å². The van der Waals surface area contributed by atoms with Crippen molar-refractivity contribution in [3.63, 3.8) is 0 Å². The summed E-state index contributed by atoms with van der Waals surface area (Å²) >= 11 is 0. The average molecular weight is 320 g/mol. The van der Waals surface area contributed by atoms with Gasteiger partial charge < -0.3 is 14.0 Å². The smallest absolute Gasteiger partial charge is 0.258 e. The lowest BCUT2D eigenvalue weighted by molar-refractivity contribution is 0.356. The summed E-state index contributed by atoms with van der Waals surface area (Å²) in [7, 11) is 3.10.